The third kappa shape index (κ3) is 8.42. The van der Waals surface area contributed by atoms with E-state index in [1.54, 1.807) is 11.8 Å². The minimum atomic E-state index is -6.07. The van der Waals surface area contributed by atoms with Gasteiger partial charge >= 0.3 is 59.1 Å². The van der Waals surface area contributed by atoms with Crippen LogP contribution in [0.25, 0.3) is 0 Å². The zero-order chi connectivity index (χ0) is 18.7. The predicted octanol–water partition coefficient (Wildman–Crippen LogP) is -1.34. The fourth-order valence-electron chi connectivity index (χ4n) is 2.07. The molecule has 0 spiro atoms. The molecule has 136 valence electrons. The van der Waals surface area contributed by atoms with Crippen LogP contribution in [-0.2, 0) is 22.4 Å². The van der Waals surface area contributed by atoms with E-state index in [2.05, 4.69) is 31.9 Å². The van der Waals surface area contributed by atoms with E-state index in [9.17, 15) is 23.1 Å². The van der Waals surface area contributed by atoms with Crippen molar-refractivity contribution in [2.45, 2.75) is 17.8 Å². The van der Waals surface area contributed by atoms with E-state index in [-0.39, 0.29) is 63.6 Å². The molecule has 0 atom stereocenters. The molecule has 0 amide bonds. The van der Waals surface area contributed by atoms with Gasteiger partial charge in [0, 0.05) is 27.9 Å². The summed E-state index contributed by atoms with van der Waals surface area (Å²) in [4.78, 5) is 21.5. The van der Waals surface area contributed by atoms with E-state index in [1.165, 1.54) is 17.7 Å². The number of halogens is 4. The van der Waals surface area contributed by atoms with Crippen molar-refractivity contribution in [3.8, 4) is 0 Å². The quantitative estimate of drug-likeness (QED) is 0.239. The minimum absolute atomic E-state index is 0. The van der Waals surface area contributed by atoms with E-state index in [1.807, 2.05) is 24.3 Å². The molecule has 0 aromatic heterocycles. The molecule has 0 radical (unpaired) electrons. The Morgan fingerprint density at radius 1 is 1.00 bits per heavy atom. The number of aryl methyl sites for hydroxylation is 1. The average Bonchev–Trinajstić information content (AvgIpc) is 2.52. The van der Waals surface area contributed by atoms with Gasteiger partial charge in [-0.25, -0.2) is 0 Å². The van der Waals surface area contributed by atoms with Gasteiger partial charge in [0.1, 0.15) is 0 Å². The number of hydrogen-bond acceptors (Lipinski definition) is 4. The van der Waals surface area contributed by atoms with Crippen molar-refractivity contribution >= 4 is 51.2 Å². The monoisotopic (exact) mass is 558 g/mol. The topological polar surface area (TPSA) is 63.2 Å². The van der Waals surface area contributed by atoms with Crippen LogP contribution in [-0.4, -0.2) is 5.75 Å². The SMILES string of the molecule is O=P([O-])([O-])C(F)(F)c1ccc(CSCCc2ccc(Br)cc2)cc1Br.[Na+].[Na+]. The van der Waals surface area contributed by atoms with Crippen molar-refractivity contribution < 1.29 is 82.2 Å². The number of alkyl halides is 2. The molecule has 0 unspecified atom stereocenters. The fourth-order valence-corrected chi connectivity index (χ4v) is 4.59. The van der Waals surface area contributed by atoms with Crippen LogP contribution in [0.3, 0.4) is 0 Å². The van der Waals surface area contributed by atoms with Gasteiger partial charge in [0.2, 0.25) is 0 Å². The number of rotatable bonds is 7. The Hall–Kier alpha value is 1.76. The van der Waals surface area contributed by atoms with Crippen LogP contribution < -0.4 is 68.9 Å². The van der Waals surface area contributed by atoms with Crippen molar-refractivity contribution in [3.63, 3.8) is 0 Å². The van der Waals surface area contributed by atoms with E-state index in [0.717, 1.165) is 28.3 Å². The standard InChI is InChI=1S/C16H15Br2F2O3PS.2Na/c17-13-4-1-11(2-5-13)7-8-25-10-12-3-6-14(15(18)9-12)16(19,20)24(21,22)23;;/h1-6,9H,7-8,10H2,(H2,21,22,23);;/q;2*+1/p-2. The van der Waals surface area contributed by atoms with Gasteiger partial charge in [0.15, 0.2) is 0 Å². The van der Waals surface area contributed by atoms with E-state index >= 15 is 0 Å². The summed E-state index contributed by atoms with van der Waals surface area (Å²) in [5.74, 6) is 1.45. The molecule has 2 rings (SSSR count). The number of hydrogen-bond donors (Lipinski definition) is 0. The largest absolute Gasteiger partial charge is 1.00 e. The third-order valence-electron chi connectivity index (χ3n) is 3.42. The summed E-state index contributed by atoms with van der Waals surface area (Å²) in [6, 6.07) is 11.8. The van der Waals surface area contributed by atoms with Crippen molar-refractivity contribution in [1.82, 2.24) is 0 Å². The minimum Gasteiger partial charge on any atom is -0.806 e. The zero-order valence-corrected chi connectivity index (χ0v) is 23.6. The maximum Gasteiger partial charge on any atom is 1.00 e. The Bertz CT molecular complexity index is 792. The molecular weight excluding hydrogens is 547 g/mol. The molecule has 0 aliphatic rings. The summed E-state index contributed by atoms with van der Waals surface area (Å²) in [6.45, 7) is 0. The summed E-state index contributed by atoms with van der Waals surface area (Å²) in [5, 5.41) is 0. The molecule has 27 heavy (non-hydrogen) atoms. The Balaban J connectivity index is 0.00000338. The molecule has 0 heterocycles. The maximum absolute atomic E-state index is 13.7. The average molecular weight is 560 g/mol. The van der Waals surface area contributed by atoms with E-state index < -0.39 is 18.8 Å². The van der Waals surface area contributed by atoms with Crippen LogP contribution in [0.5, 0.6) is 0 Å². The van der Waals surface area contributed by atoms with E-state index in [0.29, 0.717) is 5.75 Å². The molecular formula is C16H13Br2F2Na2O3PS. The Morgan fingerprint density at radius 2 is 1.56 bits per heavy atom. The smallest absolute Gasteiger partial charge is 0.806 e. The normalized spacial score (nSPS) is 11.5. The second-order valence-electron chi connectivity index (χ2n) is 5.28. The van der Waals surface area contributed by atoms with Crippen molar-refractivity contribution in [1.29, 1.82) is 0 Å². The second kappa shape index (κ2) is 12.6. The van der Waals surface area contributed by atoms with Crippen LogP contribution in [0.15, 0.2) is 51.4 Å². The van der Waals surface area contributed by atoms with Gasteiger partial charge in [-0.15, -0.1) is 0 Å². The molecule has 0 bridgehead atoms. The number of benzene rings is 2. The van der Waals surface area contributed by atoms with Gasteiger partial charge in [0.05, 0.1) is 0 Å². The van der Waals surface area contributed by atoms with Crippen LogP contribution in [0.1, 0.15) is 16.7 Å². The maximum atomic E-state index is 13.7. The van der Waals surface area contributed by atoms with Crippen molar-refractivity contribution in [2.24, 2.45) is 0 Å². The molecule has 2 aromatic rings. The Labute approximate surface area is 222 Å². The van der Waals surface area contributed by atoms with Crippen molar-refractivity contribution in [2.75, 3.05) is 5.75 Å². The molecule has 0 aliphatic heterocycles. The second-order valence-corrected chi connectivity index (χ2v) is 9.71. The van der Waals surface area contributed by atoms with Gasteiger partial charge in [-0.3, -0.25) is 0 Å². The molecule has 0 saturated carbocycles. The molecule has 0 fully saturated rings. The molecule has 0 aliphatic carbocycles. The molecule has 3 nitrogen and oxygen atoms in total. The Kier molecular flexibility index (Phi) is 13.4. The summed E-state index contributed by atoms with van der Waals surface area (Å²) < 4.78 is 39.0. The summed E-state index contributed by atoms with van der Waals surface area (Å²) in [6.07, 6.45) is 0.880. The Morgan fingerprint density at radius 3 is 2.07 bits per heavy atom. The molecule has 0 saturated heterocycles. The summed E-state index contributed by atoms with van der Waals surface area (Å²) in [7, 11) is -6.07. The predicted molar refractivity (Wildman–Crippen MR) is 99.7 cm³/mol. The van der Waals surface area contributed by atoms with Crippen LogP contribution in [0.4, 0.5) is 8.78 Å². The molecule has 2 aromatic carbocycles. The van der Waals surface area contributed by atoms with Gasteiger partial charge in [-0.1, -0.05) is 56.1 Å². The summed E-state index contributed by atoms with van der Waals surface area (Å²) >= 11 is 7.95. The van der Waals surface area contributed by atoms with Gasteiger partial charge in [-0.2, -0.15) is 20.5 Å². The fraction of sp³-hybridized carbons (Fsp3) is 0.250. The van der Waals surface area contributed by atoms with Gasteiger partial charge in [-0.05, 0) is 41.5 Å². The van der Waals surface area contributed by atoms with Crippen LogP contribution in [0, 0.1) is 0 Å². The molecule has 11 heteroatoms. The van der Waals surface area contributed by atoms with Gasteiger partial charge in [0.25, 0.3) is 5.66 Å². The zero-order valence-electron chi connectivity index (χ0n) is 14.8. The first kappa shape index (κ1) is 28.8. The first-order valence-electron chi connectivity index (χ1n) is 7.12. The van der Waals surface area contributed by atoms with Crippen LogP contribution >= 0.6 is 51.2 Å². The third-order valence-corrected chi connectivity index (χ3v) is 6.56. The van der Waals surface area contributed by atoms with Gasteiger partial charge < -0.3 is 14.4 Å². The van der Waals surface area contributed by atoms with Crippen molar-refractivity contribution in [3.05, 3.63) is 68.1 Å². The number of thioether (sulfide) groups is 1. The van der Waals surface area contributed by atoms with E-state index in [4.69, 9.17) is 0 Å². The molecule has 0 N–H and O–H groups in total. The first-order valence-corrected chi connectivity index (χ1v) is 11.4. The van der Waals surface area contributed by atoms with Crippen LogP contribution in [0.2, 0.25) is 0 Å². The first-order chi connectivity index (χ1) is 11.6. The summed E-state index contributed by atoms with van der Waals surface area (Å²) in [5.41, 5.74) is -3.30.